The zero-order valence-electron chi connectivity index (χ0n) is 17.7. The molecule has 8 nitrogen and oxygen atoms in total. The summed E-state index contributed by atoms with van der Waals surface area (Å²) in [5, 5.41) is 3.79. The average molecular weight is 446 g/mol. The van der Waals surface area contributed by atoms with Crippen LogP contribution in [-0.2, 0) is 19.6 Å². The smallest absolute Gasteiger partial charge is 0.243 e. The maximum atomic E-state index is 13.4. The lowest BCUT2D eigenvalue weighted by atomic mass is 10.1. The standard InChI is InChI=1S/C22H27N3O5S/c1-4-21(26)23-15-22(27)24-11-13-25(14-12-24)31(28,29)20-10-6-7-17-18(20)8-5-9-19(17)30-16(2)3/h4-10,16H,1,11-15H2,2-3H3,(H,23,26). The van der Waals surface area contributed by atoms with Gasteiger partial charge in [-0.15, -0.1) is 0 Å². The maximum absolute atomic E-state index is 13.4. The van der Waals surface area contributed by atoms with Crippen LogP contribution in [-0.4, -0.2) is 68.3 Å². The van der Waals surface area contributed by atoms with Crippen LogP contribution < -0.4 is 10.1 Å². The molecule has 2 aromatic carbocycles. The minimum atomic E-state index is -3.76. The number of amides is 2. The summed E-state index contributed by atoms with van der Waals surface area (Å²) >= 11 is 0. The number of rotatable bonds is 7. The van der Waals surface area contributed by atoms with Gasteiger partial charge in [0.1, 0.15) is 5.75 Å². The number of piperazine rings is 1. The van der Waals surface area contributed by atoms with Crippen molar-refractivity contribution in [3.05, 3.63) is 49.1 Å². The van der Waals surface area contributed by atoms with Gasteiger partial charge in [-0.25, -0.2) is 8.42 Å². The van der Waals surface area contributed by atoms with E-state index < -0.39 is 15.9 Å². The van der Waals surface area contributed by atoms with Crippen molar-refractivity contribution < 1.29 is 22.7 Å². The van der Waals surface area contributed by atoms with Crippen molar-refractivity contribution >= 4 is 32.6 Å². The zero-order chi connectivity index (χ0) is 22.6. The third-order valence-electron chi connectivity index (χ3n) is 5.01. The molecule has 1 heterocycles. The van der Waals surface area contributed by atoms with Gasteiger partial charge in [-0.2, -0.15) is 4.31 Å². The second kappa shape index (κ2) is 9.49. The van der Waals surface area contributed by atoms with E-state index in [1.165, 1.54) is 4.31 Å². The quantitative estimate of drug-likeness (QED) is 0.655. The van der Waals surface area contributed by atoms with Crippen LogP contribution >= 0.6 is 0 Å². The van der Waals surface area contributed by atoms with Gasteiger partial charge >= 0.3 is 0 Å². The van der Waals surface area contributed by atoms with E-state index in [0.29, 0.717) is 11.1 Å². The summed E-state index contributed by atoms with van der Waals surface area (Å²) in [6.07, 6.45) is 1.06. The second-order valence-electron chi connectivity index (χ2n) is 7.48. The van der Waals surface area contributed by atoms with Crippen molar-refractivity contribution in [3.63, 3.8) is 0 Å². The summed E-state index contributed by atoms with van der Waals surface area (Å²) in [5.41, 5.74) is 0. The van der Waals surface area contributed by atoms with Crippen molar-refractivity contribution in [2.24, 2.45) is 0 Å². The second-order valence-corrected chi connectivity index (χ2v) is 9.39. The number of hydrogen-bond donors (Lipinski definition) is 1. The number of ether oxygens (including phenoxy) is 1. The number of sulfonamides is 1. The SMILES string of the molecule is C=CC(=O)NCC(=O)N1CCN(S(=O)(=O)c2cccc3c(OC(C)C)cccc23)CC1. The molecule has 0 radical (unpaired) electrons. The Labute approximate surface area is 182 Å². The molecule has 0 atom stereocenters. The van der Waals surface area contributed by atoms with Crippen molar-refractivity contribution in [3.8, 4) is 5.75 Å². The van der Waals surface area contributed by atoms with Gasteiger partial charge in [-0.1, -0.05) is 30.8 Å². The lowest BCUT2D eigenvalue weighted by Gasteiger charge is -2.34. The Bertz CT molecular complexity index is 1090. The number of hydrogen-bond acceptors (Lipinski definition) is 5. The fourth-order valence-corrected chi connectivity index (χ4v) is 5.13. The predicted octanol–water partition coefficient (Wildman–Crippen LogP) is 1.76. The Kier molecular flexibility index (Phi) is 6.97. The van der Waals surface area contributed by atoms with Gasteiger partial charge in [0.25, 0.3) is 0 Å². The number of nitrogens with one attached hydrogen (secondary N) is 1. The molecular weight excluding hydrogens is 418 g/mol. The van der Waals surface area contributed by atoms with E-state index in [-0.39, 0.29) is 49.6 Å². The lowest BCUT2D eigenvalue weighted by molar-refractivity contribution is -0.133. The van der Waals surface area contributed by atoms with E-state index >= 15 is 0 Å². The van der Waals surface area contributed by atoms with Gasteiger partial charge in [0.05, 0.1) is 17.5 Å². The van der Waals surface area contributed by atoms with E-state index in [9.17, 15) is 18.0 Å². The van der Waals surface area contributed by atoms with Gasteiger partial charge in [0.2, 0.25) is 21.8 Å². The average Bonchev–Trinajstić information content (AvgIpc) is 2.76. The fraction of sp³-hybridized carbons (Fsp3) is 0.364. The number of carbonyl (C=O) groups excluding carboxylic acids is 2. The lowest BCUT2D eigenvalue weighted by Crippen LogP contribution is -2.52. The monoisotopic (exact) mass is 445 g/mol. The first-order valence-corrected chi connectivity index (χ1v) is 11.5. The number of fused-ring (bicyclic) bond motifs is 1. The summed E-state index contributed by atoms with van der Waals surface area (Å²) in [6.45, 7) is 7.92. The molecule has 31 heavy (non-hydrogen) atoms. The Balaban J connectivity index is 1.77. The first-order valence-electron chi connectivity index (χ1n) is 10.1. The number of nitrogens with zero attached hydrogens (tertiary/aromatic N) is 2. The third-order valence-corrected chi connectivity index (χ3v) is 6.97. The molecule has 1 N–H and O–H groups in total. The molecule has 0 saturated carbocycles. The molecule has 3 rings (SSSR count). The zero-order valence-corrected chi connectivity index (χ0v) is 18.5. The Morgan fingerprint density at radius 1 is 1.10 bits per heavy atom. The van der Waals surface area contributed by atoms with Crippen LogP contribution in [0.15, 0.2) is 53.9 Å². The van der Waals surface area contributed by atoms with Crippen molar-refractivity contribution in [1.82, 2.24) is 14.5 Å². The van der Waals surface area contributed by atoms with Gasteiger partial charge in [0, 0.05) is 37.0 Å². The molecule has 1 saturated heterocycles. The van der Waals surface area contributed by atoms with E-state index in [4.69, 9.17) is 4.74 Å². The first kappa shape index (κ1) is 22.8. The van der Waals surface area contributed by atoms with Crippen LogP contribution in [0.2, 0.25) is 0 Å². The van der Waals surface area contributed by atoms with Crippen LogP contribution in [0.1, 0.15) is 13.8 Å². The molecule has 0 spiro atoms. The topological polar surface area (TPSA) is 96.0 Å². The van der Waals surface area contributed by atoms with Gasteiger partial charge in [-0.3, -0.25) is 9.59 Å². The summed E-state index contributed by atoms with van der Waals surface area (Å²) in [6, 6.07) is 10.5. The van der Waals surface area contributed by atoms with Crippen molar-refractivity contribution in [1.29, 1.82) is 0 Å². The van der Waals surface area contributed by atoms with Crippen molar-refractivity contribution in [2.45, 2.75) is 24.8 Å². The highest BCUT2D eigenvalue weighted by atomic mass is 32.2. The summed E-state index contributed by atoms with van der Waals surface area (Å²) < 4.78 is 34.0. The summed E-state index contributed by atoms with van der Waals surface area (Å²) in [5.74, 6) is -0.0410. The molecular formula is C22H27N3O5S. The van der Waals surface area contributed by atoms with Crippen LogP contribution in [0.3, 0.4) is 0 Å². The Morgan fingerprint density at radius 3 is 2.39 bits per heavy atom. The largest absolute Gasteiger partial charge is 0.490 e. The molecule has 0 unspecified atom stereocenters. The van der Waals surface area contributed by atoms with Crippen LogP contribution in [0.4, 0.5) is 0 Å². The molecule has 9 heteroatoms. The number of benzene rings is 2. The Morgan fingerprint density at radius 2 is 1.74 bits per heavy atom. The minimum absolute atomic E-state index is 0.0345. The normalized spacial score (nSPS) is 15.1. The van der Waals surface area contributed by atoms with Crippen LogP contribution in [0.25, 0.3) is 10.8 Å². The summed E-state index contributed by atoms with van der Waals surface area (Å²) in [4.78, 5) is 25.2. The van der Waals surface area contributed by atoms with E-state index in [0.717, 1.165) is 11.5 Å². The van der Waals surface area contributed by atoms with E-state index in [1.54, 1.807) is 29.2 Å². The minimum Gasteiger partial charge on any atom is -0.490 e. The highest BCUT2D eigenvalue weighted by Gasteiger charge is 2.31. The third kappa shape index (κ3) is 5.05. The van der Waals surface area contributed by atoms with Crippen molar-refractivity contribution in [2.75, 3.05) is 32.7 Å². The highest BCUT2D eigenvalue weighted by molar-refractivity contribution is 7.89. The molecule has 1 aliphatic heterocycles. The summed E-state index contributed by atoms with van der Waals surface area (Å²) in [7, 11) is -3.76. The Hall–Kier alpha value is -2.91. The van der Waals surface area contributed by atoms with E-state index in [1.807, 2.05) is 26.0 Å². The van der Waals surface area contributed by atoms with Gasteiger partial charge in [0.15, 0.2) is 0 Å². The fourth-order valence-electron chi connectivity index (χ4n) is 3.50. The molecule has 2 amide bonds. The molecule has 1 fully saturated rings. The molecule has 166 valence electrons. The molecule has 2 aromatic rings. The first-order chi connectivity index (χ1) is 14.7. The predicted molar refractivity (Wildman–Crippen MR) is 118 cm³/mol. The van der Waals surface area contributed by atoms with Crippen LogP contribution in [0.5, 0.6) is 5.75 Å². The number of carbonyl (C=O) groups is 2. The molecule has 1 aliphatic rings. The van der Waals surface area contributed by atoms with Gasteiger partial charge < -0.3 is 15.0 Å². The van der Waals surface area contributed by atoms with Crippen LogP contribution in [0, 0.1) is 0 Å². The molecule has 0 bridgehead atoms. The maximum Gasteiger partial charge on any atom is 0.243 e. The van der Waals surface area contributed by atoms with E-state index in [2.05, 4.69) is 11.9 Å². The molecule has 0 aliphatic carbocycles. The van der Waals surface area contributed by atoms with Gasteiger partial charge in [-0.05, 0) is 32.1 Å². The molecule has 0 aromatic heterocycles. The highest BCUT2D eigenvalue weighted by Crippen LogP contribution is 2.32.